The third kappa shape index (κ3) is 3.67. The molecule has 0 saturated carbocycles. The Labute approximate surface area is 180 Å². The van der Waals surface area contributed by atoms with E-state index in [0.29, 0.717) is 11.5 Å². The van der Waals surface area contributed by atoms with Crippen LogP contribution >= 0.6 is 0 Å². The number of rotatable bonds is 5. The monoisotopic (exact) mass is 416 g/mol. The highest BCUT2D eigenvalue weighted by molar-refractivity contribution is 5.92. The van der Waals surface area contributed by atoms with Gasteiger partial charge in [-0.15, -0.1) is 0 Å². The number of benzene rings is 2. The molecule has 1 aliphatic rings. The maximum Gasteiger partial charge on any atom is 0.199 e. The van der Waals surface area contributed by atoms with Gasteiger partial charge >= 0.3 is 0 Å². The number of nitrogens with zero attached hydrogens (tertiary/aromatic N) is 4. The highest BCUT2D eigenvalue weighted by atomic mass is 16.5. The number of hydrogen-bond acceptors (Lipinski definition) is 7. The molecule has 0 amide bonds. The maximum absolute atomic E-state index is 6.14. The van der Waals surface area contributed by atoms with Gasteiger partial charge in [0.25, 0.3) is 0 Å². The van der Waals surface area contributed by atoms with Crippen LogP contribution < -0.4 is 14.4 Å². The van der Waals surface area contributed by atoms with Gasteiger partial charge < -0.3 is 18.8 Å². The van der Waals surface area contributed by atoms with E-state index in [1.807, 2.05) is 48.7 Å². The van der Waals surface area contributed by atoms with Crippen molar-refractivity contribution in [3.05, 3.63) is 60.9 Å². The summed E-state index contributed by atoms with van der Waals surface area (Å²) in [5.74, 6) is 4.00. The molecule has 0 N–H and O–H groups in total. The molecule has 7 nitrogen and oxygen atoms in total. The van der Waals surface area contributed by atoms with Gasteiger partial charge in [0.05, 0.1) is 31.9 Å². The number of methoxy groups -OCH3 is 2. The molecule has 2 aromatic carbocycles. The minimum Gasteiger partial charge on any atom is -0.493 e. The lowest BCUT2D eigenvalue weighted by Crippen LogP contribution is -2.35. The molecule has 0 aliphatic carbocycles. The van der Waals surface area contributed by atoms with E-state index in [9.17, 15) is 0 Å². The Kier molecular flexibility index (Phi) is 5.16. The maximum atomic E-state index is 6.14. The molecule has 5 rings (SSSR count). The number of hydrogen-bond donors (Lipinski definition) is 0. The molecular formula is C24H24N4O3. The second-order valence-corrected chi connectivity index (χ2v) is 7.64. The van der Waals surface area contributed by atoms with Crippen molar-refractivity contribution in [3.8, 4) is 22.8 Å². The van der Waals surface area contributed by atoms with Crippen molar-refractivity contribution >= 4 is 16.7 Å². The highest BCUT2D eigenvalue weighted by Crippen LogP contribution is 2.37. The molecule has 0 radical (unpaired) electrons. The first-order valence-electron chi connectivity index (χ1n) is 10.4. The van der Waals surface area contributed by atoms with Gasteiger partial charge in [-0.25, -0.2) is 15.0 Å². The van der Waals surface area contributed by atoms with E-state index in [0.717, 1.165) is 59.9 Å². The average Bonchev–Trinajstić information content (AvgIpc) is 3.34. The van der Waals surface area contributed by atoms with Crippen LogP contribution in [-0.2, 0) is 0 Å². The minimum absolute atomic E-state index is 0.205. The molecular weight excluding hydrogens is 392 g/mol. The molecule has 1 aliphatic heterocycles. The lowest BCUT2D eigenvalue weighted by Gasteiger charge is -2.32. The Bertz CT molecular complexity index is 1190. The SMILES string of the molecule is COc1cc2ncnc(N3CCCC(c4ncc(-c5ccccc5)o4)C3)c2cc1OC. The molecule has 1 saturated heterocycles. The van der Waals surface area contributed by atoms with Gasteiger partial charge in [0.2, 0.25) is 0 Å². The lowest BCUT2D eigenvalue weighted by atomic mass is 9.97. The normalized spacial score (nSPS) is 16.5. The fraction of sp³-hybridized carbons (Fsp3) is 0.292. The van der Waals surface area contributed by atoms with Crippen LogP contribution in [0.15, 0.2) is 59.4 Å². The summed E-state index contributed by atoms with van der Waals surface area (Å²) in [6, 6.07) is 13.9. The van der Waals surface area contributed by atoms with Gasteiger partial charge in [0.15, 0.2) is 23.1 Å². The van der Waals surface area contributed by atoms with Crippen molar-refractivity contribution in [3.63, 3.8) is 0 Å². The topological polar surface area (TPSA) is 73.5 Å². The molecule has 158 valence electrons. The summed E-state index contributed by atoms with van der Waals surface area (Å²) >= 11 is 0. The number of ether oxygens (including phenoxy) is 2. The summed E-state index contributed by atoms with van der Waals surface area (Å²) in [6.45, 7) is 1.71. The van der Waals surface area contributed by atoms with Gasteiger partial charge in [0, 0.05) is 30.1 Å². The first-order valence-corrected chi connectivity index (χ1v) is 10.4. The van der Waals surface area contributed by atoms with E-state index in [4.69, 9.17) is 13.9 Å². The predicted octanol–water partition coefficient (Wildman–Crippen LogP) is 4.69. The summed E-state index contributed by atoms with van der Waals surface area (Å²) in [4.78, 5) is 15.9. The second kappa shape index (κ2) is 8.26. The molecule has 0 bridgehead atoms. The van der Waals surface area contributed by atoms with Crippen LogP contribution in [0.3, 0.4) is 0 Å². The van der Waals surface area contributed by atoms with Crippen LogP contribution in [-0.4, -0.2) is 42.3 Å². The zero-order valence-corrected chi connectivity index (χ0v) is 17.6. The Hall–Kier alpha value is -3.61. The standard InChI is InChI=1S/C24H24N4O3/c1-29-20-11-18-19(12-21(20)30-2)26-15-27-23(18)28-10-6-9-17(14-28)24-25-13-22(31-24)16-7-4-3-5-8-16/h3-5,7-8,11-13,15,17H,6,9-10,14H2,1-2H3. The second-order valence-electron chi connectivity index (χ2n) is 7.64. The number of aromatic nitrogens is 3. The third-order valence-corrected chi connectivity index (χ3v) is 5.77. The quantitative estimate of drug-likeness (QED) is 0.467. The van der Waals surface area contributed by atoms with Gasteiger partial charge in [-0.3, -0.25) is 0 Å². The van der Waals surface area contributed by atoms with Gasteiger partial charge in [-0.2, -0.15) is 0 Å². The molecule has 7 heteroatoms. The van der Waals surface area contributed by atoms with Crippen LogP contribution in [0.1, 0.15) is 24.7 Å². The largest absolute Gasteiger partial charge is 0.493 e. The fourth-order valence-corrected chi connectivity index (χ4v) is 4.20. The predicted molar refractivity (Wildman–Crippen MR) is 119 cm³/mol. The molecule has 1 fully saturated rings. The van der Waals surface area contributed by atoms with Crippen LogP contribution in [0.2, 0.25) is 0 Å². The Morgan fingerprint density at radius 1 is 1.00 bits per heavy atom. The first-order chi connectivity index (χ1) is 15.3. The van der Waals surface area contributed by atoms with Crippen molar-refractivity contribution in [2.45, 2.75) is 18.8 Å². The Morgan fingerprint density at radius 2 is 1.81 bits per heavy atom. The summed E-state index contributed by atoms with van der Waals surface area (Å²) in [6.07, 6.45) is 5.49. The summed E-state index contributed by atoms with van der Waals surface area (Å²) in [5.41, 5.74) is 1.86. The molecule has 31 heavy (non-hydrogen) atoms. The van der Waals surface area contributed by atoms with Gasteiger partial charge in [-0.1, -0.05) is 30.3 Å². The molecule has 2 aromatic heterocycles. The van der Waals surface area contributed by atoms with Gasteiger partial charge in [0.1, 0.15) is 12.1 Å². The van der Waals surface area contributed by atoms with E-state index < -0.39 is 0 Å². The zero-order chi connectivity index (χ0) is 21.2. The summed E-state index contributed by atoms with van der Waals surface area (Å²) in [5, 5.41) is 0.943. The minimum atomic E-state index is 0.205. The van der Waals surface area contributed by atoms with Crippen LogP contribution in [0.25, 0.3) is 22.2 Å². The van der Waals surface area contributed by atoms with Crippen LogP contribution in [0, 0.1) is 0 Å². The van der Waals surface area contributed by atoms with E-state index in [2.05, 4.69) is 19.9 Å². The highest BCUT2D eigenvalue weighted by Gasteiger charge is 2.27. The smallest absolute Gasteiger partial charge is 0.199 e. The van der Waals surface area contributed by atoms with E-state index in [1.54, 1.807) is 20.5 Å². The first kappa shape index (κ1) is 19.4. The molecule has 1 unspecified atom stereocenters. The molecule has 1 atom stereocenters. The van der Waals surface area contributed by atoms with Gasteiger partial charge in [-0.05, 0) is 18.9 Å². The Balaban J connectivity index is 1.45. The molecule has 0 spiro atoms. The average molecular weight is 416 g/mol. The summed E-state index contributed by atoms with van der Waals surface area (Å²) in [7, 11) is 3.26. The number of anilines is 1. The Morgan fingerprint density at radius 3 is 2.61 bits per heavy atom. The number of fused-ring (bicyclic) bond motifs is 1. The van der Waals surface area contributed by atoms with Crippen molar-refractivity contribution in [1.82, 2.24) is 15.0 Å². The van der Waals surface area contributed by atoms with E-state index >= 15 is 0 Å². The van der Waals surface area contributed by atoms with Crippen molar-refractivity contribution in [2.24, 2.45) is 0 Å². The van der Waals surface area contributed by atoms with Crippen LogP contribution in [0.5, 0.6) is 11.5 Å². The molecule has 3 heterocycles. The van der Waals surface area contributed by atoms with E-state index in [-0.39, 0.29) is 5.92 Å². The van der Waals surface area contributed by atoms with E-state index in [1.165, 1.54) is 0 Å². The molecule has 4 aromatic rings. The number of oxazole rings is 1. The zero-order valence-electron chi connectivity index (χ0n) is 17.6. The lowest BCUT2D eigenvalue weighted by molar-refractivity contribution is 0.355. The van der Waals surface area contributed by atoms with Crippen molar-refractivity contribution < 1.29 is 13.9 Å². The summed E-state index contributed by atoms with van der Waals surface area (Å²) < 4.78 is 17.1. The van der Waals surface area contributed by atoms with Crippen molar-refractivity contribution in [2.75, 3.05) is 32.2 Å². The number of piperidine rings is 1. The van der Waals surface area contributed by atoms with Crippen molar-refractivity contribution in [1.29, 1.82) is 0 Å². The van der Waals surface area contributed by atoms with Crippen LogP contribution in [0.4, 0.5) is 5.82 Å². The third-order valence-electron chi connectivity index (χ3n) is 5.77. The fourth-order valence-electron chi connectivity index (χ4n) is 4.20.